The highest BCUT2D eigenvalue weighted by atomic mass is 32.1. The van der Waals surface area contributed by atoms with Crippen molar-refractivity contribution in [3.8, 4) is 5.75 Å². The van der Waals surface area contributed by atoms with Crippen molar-refractivity contribution in [3.63, 3.8) is 0 Å². The third-order valence-electron chi connectivity index (χ3n) is 5.09. The van der Waals surface area contributed by atoms with Crippen molar-refractivity contribution in [2.75, 3.05) is 32.8 Å². The van der Waals surface area contributed by atoms with Gasteiger partial charge >= 0.3 is 0 Å². The molecule has 168 valence electrons. The zero-order chi connectivity index (χ0) is 21.4. The molecule has 5 heteroatoms. The molecule has 2 N–H and O–H groups in total. The van der Waals surface area contributed by atoms with Gasteiger partial charge in [0.2, 0.25) is 0 Å². The second kappa shape index (κ2) is 15.4. The molecule has 1 aromatic heterocycles. The molecule has 0 aliphatic rings. The number of nitrogens with zero attached hydrogens (tertiary/aromatic N) is 1. The fraction of sp³-hybridized carbons (Fsp3) is 0.600. The minimum Gasteiger partial charge on any atom is -0.491 e. The van der Waals surface area contributed by atoms with Crippen LogP contribution in [0.25, 0.3) is 0 Å². The van der Waals surface area contributed by atoms with Crippen LogP contribution < -0.4 is 10.1 Å². The van der Waals surface area contributed by atoms with E-state index in [1.54, 1.807) is 0 Å². The first-order chi connectivity index (χ1) is 14.7. The lowest BCUT2D eigenvalue weighted by Gasteiger charge is -2.21. The summed E-state index contributed by atoms with van der Waals surface area (Å²) in [6.07, 6.45) is 6.79. The van der Waals surface area contributed by atoms with E-state index in [-0.39, 0.29) is 0 Å². The molecule has 1 heterocycles. The Kier molecular flexibility index (Phi) is 12.8. The Morgan fingerprint density at radius 2 is 1.67 bits per heavy atom. The van der Waals surface area contributed by atoms with Crippen LogP contribution in [0.4, 0.5) is 0 Å². The predicted molar refractivity (Wildman–Crippen MR) is 129 cm³/mol. The van der Waals surface area contributed by atoms with Gasteiger partial charge in [0.25, 0.3) is 0 Å². The molecule has 2 aromatic rings. The van der Waals surface area contributed by atoms with E-state index in [2.05, 4.69) is 36.2 Å². The summed E-state index contributed by atoms with van der Waals surface area (Å²) < 4.78 is 5.59. The molecule has 0 unspecified atom stereocenters. The molecule has 0 amide bonds. The first kappa shape index (κ1) is 24.9. The van der Waals surface area contributed by atoms with Crippen LogP contribution in [0.2, 0.25) is 0 Å². The van der Waals surface area contributed by atoms with E-state index in [4.69, 9.17) is 4.74 Å². The molecular weight excluding hydrogens is 392 g/mol. The van der Waals surface area contributed by atoms with E-state index in [0.29, 0.717) is 13.2 Å². The van der Waals surface area contributed by atoms with Crippen molar-refractivity contribution < 1.29 is 9.84 Å². The summed E-state index contributed by atoms with van der Waals surface area (Å²) in [6, 6.07) is 14.2. The third-order valence-corrected chi connectivity index (χ3v) is 6.22. The van der Waals surface area contributed by atoms with Crippen LogP contribution in [0.3, 0.4) is 0 Å². The van der Waals surface area contributed by atoms with Gasteiger partial charge in [-0.1, -0.05) is 44.9 Å². The van der Waals surface area contributed by atoms with Crippen molar-refractivity contribution in [3.05, 3.63) is 52.2 Å². The molecule has 0 saturated heterocycles. The number of benzene rings is 1. The summed E-state index contributed by atoms with van der Waals surface area (Å²) in [4.78, 5) is 5.56. The first-order valence-corrected chi connectivity index (χ1v) is 12.4. The highest BCUT2D eigenvalue weighted by Gasteiger charge is 2.08. The van der Waals surface area contributed by atoms with Crippen LogP contribution in [0.1, 0.15) is 55.7 Å². The number of nitrogens with one attached hydrogen (secondary N) is 1. The molecule has 0 spiro atoms. The van der Waals surface area contributed by atoms with Crippen molar-refractivity contribution in [2.24, 2.45) is 0 Å². The van der Waals surface area contributed by atoms with E-state index in [9.17, 15) is 5.11 Å². The average molecular weight is 433 g/mol. The molecule has 0 radical (unpaired) electrons. The number of aryl methyl sites for hydroxylation is 1. The number of para-hydroxylation sites is 1. The van der Waals surface area contributed by atoms with Crippen LogP contribution in [0.5, 0.6) is 5.75 Å². The molecule has 0 bridgehead atoms. The average Bonchev–Trinajstić information content (AvgIpc) is 3.21. The Labute approximate surface area is 187 Å². The van der Waals surface area contributed by atoms with E-state index >= 15 is 0 Å². The van der Waals surface area contributed by atoms with Gasteiger partial charge in [-0.15, -0.1) is 11.3 Å². The number of hydrogen-bond donors (Lipinski definition) is 2. The number of hydrogen-bond acceptors (Lipinski definition) is 5. The molecule has 30 heavy (non-hydrogen) atoms. The molecule has 0 fully saturated rings. The molecule has 2 rings (SSSR count). The molecule has 0 aliphatic heterocycles. The second-order valence-corrected chi connectivity index (χ2v) is 9.19. The topological polar surface area (TPSA) is 44.7 Å². The van der Waals surface area contributed by atoms with Gasteiger partial charge < -0.3 is 15.2 Å². The van der Waals surface area contributed by atoms with Gasteiger partial charge in [-0.2, -0.15) is 0 Å². The molecule has 0 saturated carbocycles. The molecule has 0 aliphatic carbocycles. The lowest BCUT2D eigenvalue weighted by Crippen LogP contribution is -2.32. The van der Waals surface area contributed by atoms with Gasteiger partial charge in [0, 0.05) is 22.8 Å². The maximum atomic E-state index is 10.0. The van der Waals surface area contributed by atoms with Gasteiger partial charge in [-0.3, -0.25) is 4.90 Å². The maximum Gasteiger partial charge on any atom is 0.119 e. The highest BCUT2D eigenvalue weighted by Crippen LogP contribution is 2.20. The largest absolute Gasteiger partial charge is 0.491 e. The highest BCUT2D eigenvalue weighted by molar-refractivity contribution is 7.11. The summed E-state index contributed by atoms with van der Waals surface area (Å²) >= 11 is 1.96. The Morgan fingerprint density at radius 1 is 0.967 bits per heavy atom. The second-order valence-electron chi connectivity index (χ2n) is 7.94. The zero-order valence-corrected chi connectivity index (χ0v) is 19.6. The Hall–Kier alpha value is -1.40. The predicted octanol–water partition coefficient (Wildman–Crippen LogP) is 5.11. The van der Waals surface area contributed by atoms with Crippen LogP contribution in [-0.2, 0) is 13.0 Å². The molecular formula is C25H40N2O2S. The lowest BCUT2D eigenvalue weighted by molar-refractivity contribution is 0.106. The van der Waals surface area contributed by atoms with E-state index in [1.807, 2.05) is 41.7 Å². The van der Waals surface area contributed by atoms with Crippen LogP contribution in [0.15, 0.2) is 42.5 Å². The third kappa shape index (κ3) is 10.6. The number of unbranched alkanes of at least 4 members (excludes halogenated alkanes) is 2. The summed E-state index contributed by atoms with van der Waals surface area (Å²) in [5.74, 6) is 0.799. The summed E-state index contributed by atoms with van der Waals surface area (Å²) in [5, 5.41) is 13.4. The Balaban J connectivity index is 1.59. The van der Waals surface area contributed by atoms with Crippen molar-refractivity contribution in [2.45, 2.75) is 65.0 Å². The van der Waals surface area contributed by atoms with E-state index in [0.717, 1.165) is 31.7 Å². The standard InChI is InChI=1S/C25H40N2O2S/c1-3-5-17-27(18-6-4-2)20-25-15-14-24(30-25)13-10-16-26-19-22(28)21-29-23-11-8-7-9-12-23/h7-9,11-12,14-15,22,26,28H,3-6,10,13,16-21H2,1-2H3/t22-/m0/s1. The molecule has 1 aromatic carbocycles. The van der Waals surface area contributed by atoms with E-state index < -0.39 is 6.10 Å². The number of rotatable bonds is 17. The zero-order valence-electron chi connectivity index (χ0n) is 18.8. The van der Waals surface area contributed by atoms with Gasteiger partial charge in [0.05, 0.1) is 0 Å². The van der Waals surface area contributed by atoms with Gasteiger partial charge in [-0.05, 0) is 69.6 Å². The summed E-state index contributed by atoms with van der Waals surface area (Å²) in [6.45, 7) is 9.85. The minimum absolute atomic E-state index is 0.317. The molecule has 1 atom stereocenters. The lowest BCUT2D eigenvalue weighted by atomic mass is 10.2. The number of aliphatic hydroxyl groups excluding tert-OH is 1. The quantitative estimate of drug-likeness (QED) is 0.341. The Bertz CT molecular complexity index is 654. The van der Waals surface area contributed by atoms with Crippen LogP contribution in [-0.4, -0.2) is 48.9 Å². The van der Waals surface area contributed by atoms with Crippen molar-refractivity contribution >= 4 is 11.3 Å². The van der Waals surface area contributed by atoms with Crippen molar-refractivity contribution in [1.29, 1.82) is 0 Å². The summed E-state index contributed by atoms with van der Waals surface area (Å²) in [7, 11) is 0. The van der Waals surface area contributed by atoms with E-state index in [1.165, 1.54) is 48.5 Å². The normalized spacial score (nSPS) is 12.4. The smallest absolute Gasteiger partial charge is 0.119 e. The monoisotopic (exact) mass is 432 g/mol. The fourth-order valence-corrected chi connectivity index (χ4v) is 4.42. The SMILES string of the molecule is CCCCN(CCCC)Cc1ccc(CCCNC[C@H](O)COc2ccccc2)s1. The number of aliphatic hydroxyl groups is 1. The number of thiophene rings is 1. The van der Waals surface area contributed by atoms with Gasteiger partial charge in [0.15, 0.2) is 0 Å². The first-order valence-electron chi connectivity index (χ1n) is 11.6. The Morgan fingerprint density at radius 3 is 2.37 bits per heavy atom. The summed E-state index contributed by atoms with van der Waals surface area (Å²) in [5.41, 5.74) is 0. The number of ether oxygens (including phenoxy) is 1. The van der Waals surface area contributed by atoms with Gasteiger partial charge in [-0.25, -0.2) is 0 Å². The van der Waals surface area contributed by atoms with Gasteiger partial charge in [0.1, 0.15) is 18.5 Å². The minimum atomic E-state index is -0.490. The maximum absolute atomic E-state index is 10.0. The fourth-order valence-electron chi connectivity index (χ4n) is 3.32. The van der Waals surface area contributed by atoms with Crippen molar-refractivity contribution in [1.82, 2.24) is 10.2 Å². The van der Waals surface area contributed by atoms with Crippen LogP contribution >= 0.6 is 11.3 Å². The van der Waals surface area contributed by atoms with Crippen LogP contribution in [0, 0.1) is 0 Å². The molecule has 4 nitrogen and oxygen atoms in total.